The maximum atomic E-state index is 11.2. The van der Waals surface area contributed by atoms with E-state index in [0.717, 1.165) is 30.8 Å². The highest BCUT2D eigenvalue weighted by Gasteiger charge is 2.25. The summed E-state index contributed by atoms with van der Waals surface area (Å²) in [6, 6.07) is 15.3. The van der Waals surface area contributed by atoms with Gasteiger partial charge in [0.05, 0.1) is 16.6 Å². The fourth-order valence-corrected chi connectivity index (χ4v) is 3.24. The van der Waals surface area contributed by atoms with E-state index in [1.807, 2.05) is 24.3 Å². The molecule has 5 heteroatoms. The third kappa shape index (κ3) is 2.67. The first kappa shape index (κ1) is 14.9. The molecular formula is C19H18N2O3. The lowest BCUT2D eigenvalue weighted by Gasteiger charge is -2.13. The van der Waals surface area contributed by atoms with Crippen LogP contribution in [0.25, 0.3) is 11.0 Å². The normalized spacial score (nSPS) is 17.4. The second kappa shape index (κ2) is 6.09. The molecule has 122 valence electrons. The molecule has 1 N–H and O–H groups in total. The predicted molar refractivity (Wildman–Crippen MR) is 90.2 cm³/mol. The maximum Gasteiger partial charge on any atom is 0.335 e. The van der Waals surface area contributed by atoms with Crippen LogP contribution in [0.15, 0.2) is 48.5 Å². The van der Waals surface area contributed by atoms with Gasteiger partial charge in [-0.25, -0.2) is 9.78 Å². The van der Waals surface area contributed by atoms with Gasteiger partial charge in [0.2, 0.25) is 0 Å². The Morgan fingerprint density at radius 1 is 1.25 bits per heavy atom. The molecule has 1 aromatic heterocycles. The first-order chi connectivity index (χ1) is 11.7. The van der Waals surface area contributed by atoms with Gasteiger partial charge in [-0.15, -0.1) is 0 Å². The Kier molecular flexibility index (Phi) is 3.78. The Labute approximate surface area is 139 Å². The molecule has 3 aromatic rings. The molecule has 24 heavy (non-hydrogen) atoms. The Hall–Kier alpha value is -2.66. The molecule has 4 rings (SSSR count). The van der Waals surface area contributed by atoms with Crippen molar-refractivity contribution in [1.29, 1.82) is 0 Å². The summed E-state index contributed by atoms with van der Waals surface area (Å²) in [5, 5.41) is 9.21. The van der Waals surface area contributed by atoms with Gasteiger partial charge in [-0.05, 0) is 36.6 Å². The molecular weight excluding hydrogens is 304 g/mol. The van der Waals surface area contributed by atoms with Gasteiger partial charge in [0, 0.05) is 13.2 Å². The third-order valence-electron chi connectivity index (χ3n) is 4.43. The summed E-state index contributed by atoms with van der Waals surface area (Å²) in [4.78, 5) is 15.9. The summed E-state index contributed by atoms with van der Waals surface area (Å²) < 4.78 is 7.97. The molecule has 2 heterocycles. The van der Waals surface area contributed by atoms with Crippen LogP contribution >= 0.6 is 0 Å². The van der Waals surface area contributed by atoms with E-state index in [1.54, 1.807) is 12.1 Å². The molecule has 2 aromatic carbocycles. The van der Waals surface area contributed by atoms with Crippen molar-refractivity contribution in [2.24, 2.45) is 0 Å². The van der Waals surface area contributed by atoms with E-state index in [9.17, 15) is 9.90 Å². The number of hydrogen-bond acceptors (Lipinski definition) is 3. The molecule has 0 spiro atoms. The van der Waals surface area contributed by atoms with Crippen LogP contribution in [0.3, 0.4) is 0 Å². The van der Waals surface area contributed by atoms with E-state index in [2.05, 4.69) is 16.7 Å². The molecule has 0 aliphatic carbocycles. The molecule has 1 fully saturated rings. The van der Waals surface area contributed by atoms with E-state index in [0.29, 0.717) is 12.1 Å². The number of aromatic carboxylic acids is 1. The zero-order chi connectivity index (χ0) is 16.5. The molecule has 1 atom stereocenters. The van der Waals surface area contributed by atoms with Crippen LogP contribution < -0.4 is 0 Å². The minimum absolute atomic E-state index is 0.0191. The third-order valence-corrected chi connectivity index (χ3v) is 4.43. The molecule has 1 unspecified atom stereocenters. The van der Waals surface area contributed by atoms with Crippen LogP contribution in [-0.4, -0.2) is 27.2 Å². The number of fused-ring (bicyclic) bond motifs is 1. The second-order valence-corrected chi connectivity index (χ2v) is 6.05. The average Bonchev–Trinajstić information content (AvgIpc) is 3.23. The highest BCUT2D eigenvalue weighted by Crippen LogP contribution is 2.31. The highest BCUT2D eigenvalue weighted by molar-refractivity contribution is 5.92. The molecule has 1 aliphatic heterocycles. The number of carboxylic acids is 1. The number of benzene rings is 2. The van der Waals surface area contributed by atoms with Crippen LogP contribution in [0.2, 0.25) is 0 Å². The monoisotopic (exact) mass is 322 g/mol. The van der Waals surface area contributed by atoms with Gasteiger partial charge in [0.1, 0.15) is 11.9 Å². The van der Waals surface area contributed by atoms with E-state index >= 15 is 0 Å². The van der Waals surface area contributed by atoms with Crippen LogP contribution in [-0.2, 0) is 11.3 Å². The van der Waals surface area contributed by atoms with Gasteiger partial charge < -0.3 is 14.4 Å². The van der Waals surface area contributed by atoms with E-state index in [-0.39, 0.29) is 11.7 Å². The van der Waals surface area contributed by atoms with E-state index < -0.39 is 5.97 Å². The largest absolute Gasteiger partial charge is 0.478 e. The van der Waals surface area contributed by atoms with Gasteiger partial charge in [0.25, 0.3) is 0 Å². The predicted octanol–water partition coefficient (Wildman–Crippen LogP) is 3.63. The lowest BCUT2D eigenvalue weighted by Crippen LogP contribution is -2.09. The van der Waals surface area contributed by atoms with Gasteiger partial charge in [-0.3, -0.25) is 0 Å². The number of imidazole rings is 1. The van der Waals surface area contributed by atoms with Gasteiger partial charge in [-0.1, -0.05) is 30.3 Å². The van der Waals surface area contributed by atoms with Crippen molar-refractivity contribution in [2.45, 2.75) is 25.5 Å². The smallest absolute Gasteiger partial charge is 0.335 e. The first-order valence-electron chi connectivity index (χ1n) is 8.11. The fraction of sp³-hybridized carbons (Fsp3) is 0.263. The Bertz CT molecular complexity index is 880. The Morgan fingerprint density at radius 3 is 2.79 bits per heavy atom. The summed E-state index contributed by atoms with van der Waals surface area (Å²) in [6.45, 7) is 1.44. The Balaban J connectivity index is 1.84. The molecule has 1 saturated heterocycles. The summed E-state index contributed by atoms with van der Waals surface area (Å²) in [7, 11) is 0. The van der Waals surface area contributed by atoms with Crippen molar-refractivity contribution < 1.29 is 14.6 Å². The number of carboxylic acid groups (broad SMARTS) is 1. The van der Waals surface area contributed by atoms with Gasteiger partial charge in [0.15, 0.2) is 0 Å². The molecule has 1 aliphatic rings. The summed E-state index contributed by atoms with van der Waals surface area (Å²) in [5.74, 6) is -0.0536. The summed E-state index contributed by atoms with van der Waals surface area (Å²) in [5.41, 5.74) is 3.08. The maximum absolute atomic E-state index is 11.2. The van der Waals surface area contributed by atoms with Crippen molar-refractivity contribution in [3.8, 4) is 0 Å². The van der Waals surface area contributed by atoms with Crippen molar-refractivity contribution in [3.05, 3.63) is 65.5 Å². The lowest BCUT2D eigenvalue weighted by molar-refractivity contribution is 0.0697. The minimum atomic E-state index is -0.937. The van der Waals surface area contributed by atoms with Crippen molar-refractivity contribution >= 4 is 17.0 Å². The molecule has 0 saturated carbocycles. The van der Waals surface area contributed by atoms with Gasteiger partial charge >= 0.3 is 5.97 Å². The van der Waals surface area contributed by atoms with Crippen LogP contribution in [0.4, 0.5) is 0 Å². The summed E-state index contributed by atoms with van der Waals surface area (Å²) >= 11 is 0. The molecule has 0 bridgehead atoms. The standard InChI is InChI=1S/C19H18N2O3/c22-19(23)14-8-9-16-15(11-14)20-18(17-7-4-10-24-17)21(16)12-13-5-2-1-3-6-13/h1-3,5-6,8-9,11,17H,4,7,10,12H2,(H,22,23). The molecule has 0 amide bonds. The second-order valence-electron chi connectivity index (χ2n) is 6.05. The number of carbonyl (C=O) groups is 1. The average molecular weight is 322 g/mol. The summed E-state index contributed by atoms with van der Waals surface area (Å²) in [6.07, 6.45) is 1.96. The highest BCUT2D eigenvalue weighted by atomic mass is 16.5. The lowest BCUT2D eigenvalue weighted by atomic mass is 10.2. The minimum Gasteiger partial charge on any atom is -0.478 e. The van der Waals surface area contributed by atoms with E-state index in [1.165, 1.54) is 5.56 Å². The number of aromatic nitrogens is 2. The number of rotatable bonds is 4. The van der Waals surface area contributed by atoms with Crippen LogP contribution in [0, 0.1) is 0 Å². The van der Waals surface area contributed by atoms with Gasteiger partial charge in [-0.2, -0.15) is 0 Å². The van der Waals surface area contributed by atoms with Crippen molar-refractivity contribution in [3.63, 3.8) is 0 Å². The topological polar surface area (TPSA) is 64.3 Å². The zero-order valence-corrected chi connectivity index (χ0v) is 13.2. The van der Waals surface area contributed by atoms with Crippen molar-refractivity contribution in [1.82, 2.24) is 9.55 Å². The van der Waals surface area contributed by atoms with Crippen LogP contribution in [0.5, 0.6) is 0 Å². The quantitative estimate of drug-likeness (QED) is 0.796. The fourth-order valence-electron chi connectivity index (χ4n) is 3.24. The van der Waals surface area contributed by atoms with Crippen LogP contribution in [0.1, 0.15) is 40.7 Å². The SMILES string of the molecule is O=C(O)c1ccc2c(c1)nc(C1CCCO1)n2Cc1ccccc1. The number of hydrogen-bond donors (Lipinski definition) is 1. The Morgan fingerprint density at radius 2 is 2.08 bits per heavy atom. The molecule has 5 nitrogen and oxygen atoms in total. The first-order valence-corrected chi connectivity index (χ1v) is 8.11. The number of ether oxygens (including phenoxy) is 1. The number of nitrogens with zero attached hydrogens (tertiary/aromatic N) is 2. The van der Waals surface area contributed by atoms with E-state index in [4.69, 9.17) is 9.72 Å². The molecule has 0 radical (unpaired) electrons. The van der Waals surface area contributed by atoms with Crippen molar-refractivity contribution in [2.75, 3.05) is 6.61 Å². The zero-order valence-electron chi connectivity index (χ0n) is 13.2.